The topological polar surface area (TPSA) is 159 Å². The highest BCUT2D eigenvalue weighted by atomic mass is 16.5. The normalized spacial score (nSPS) is 7.93. The predicted molar refractivity (Wildman–Crippen MR) is 97.4 cm³/mol. The first-order chi connectivity index (χ1) is 13.6. The predicted octanol–water partition coefficient (Wildman–Crippen LogP) is 3.11. The molecule has 10 nitrogen and oxygen atoms in total. The third-order valence-electron chi connectivity index (χ3n) is 3.02. The minimum absolute atomic E-state index is 0.399. The van der Waals surface area contributed by atoms with E-state index in [4.69, 9.17) is 29.9 Å². The molecular weight excluding hydrogens is 368 g/mol. The third-order valence-corrected chi connectivity index (χ3v) is 3.02. The molecule has 0 aliphatic heterocycles. The van der Waals surface area contributed by atoms with Crippen molar-refractivity contribution in [2.24, 2.45) is 9.98 Å². The Bertz CT molecular complexity index is 885. The Hall–Kier alpha value is -4.44. The Morgan fingerprint density at radius 2 is 1.04 bits per heavy atom. The van der Waals surface area contributed by atoms with Gasteiger partial charge < -0.3 is 9.47 Å². The summed E-state index contributed by atoms with van der Waals surface area (Å²) in [5.74, 6) is 0.907. The zero-order valence-corrected chi connectivity index (χ0v) is 14.8. The fourth-order valence-electron chi connectivity index (χ4n) is 2.00. The van der Waals surface area contributed by atoms with Crippen LogP contribution >= 0.6 is 0 Å². The van der Waals surface area contributed by atoms with Gasteiger partial charge >= 0.3 is 0 Å². The zero-order valence-electron chi connectivity index (χ0n) is 14.8. The zero-order chi connectivity index (χ0) is 21.4. The Morgan fingerprint density at radius 3 is 1.29 bits per heavy atom. The maximum absolute atomic E-state index is 10.4. The molecule has 0 saturated carbocycles. The van der Waals surface area contributed by atoms with Crippen molar-refractivity contribution in [1.29, 1.82) is 10.8 Å². The number of aliphatic imine (C=N–C) groups is 2. The highest BCUT2D eigenvalue weighted by Crippen LogP contribution is 2.36. The molecule has 0 fully saturated rings. The van der Waals surface area contributed by atoms with Crippen molar-refractivity contribution in [1.82, 2.24) is 0 Å². The Balaban J connectivity index is 0.00000108. The Labute approximate surface area is 159 Å². The first-order valence-electron chi connectivity index (χ1n) is 7.16. The van der Waals surface area contributed by atoms with E-state index in [2.05, 4.69) is 9.98 Å². The lowest BCUT2D eigenvalue weighted by molar-refractivity contribution is 0.415. The molecule has 28 heavy (non-hydrogen) atoms. The molecule has 0 spiro atoms. The average molecular weight is 382 g/mol. The number of hydrogen-bond acceptors (Lipinski definition) is 10. The second-order valence-corrected chi connectivity index (χ2v) is 4.38. The van der Waals surface area contributed by atoms with E-state index in [9.17, 15) is 9.59 Å². The molecule has 2 aromatic carbocycles. The van der Waals surface area contributed by atoms with Crippen LogP contribution in [0.2, 0.25) is 0 Å². The van der Waals surface area contributed by atoms with E-state index in [0.29, 0.717) is 22.9 Å². The average Bonchev–Trinajstić information content (AvgIpc) is 2.70. The maximum Gasteiger partial charge on any atom is 0.240 e. The Morgan fingerprint density at radius 1 is 0.714 bits per heavy atom. The molecule has 0 aromatic heterocycles. The molecule has 0 aliphatic rings. The quantitative estimate of drug-likeness (QED) is 0.597. The van der Waals surface area contributed by atoms with Gasteiger partial charge in [-0.1, -0.05) is 12.1 Å². The lowest BCUT2D eigenvalue weighted by Crippen LogP contribution is -1.87. The molecule has 0 heterocycles. The minimum atomic E-state index is 0.399. The standard InChI is InChI=1S/C16H12N2O4.2CHNO/c1-21-15-7-11(3-5-13(15)17-9-19)12-4-6-14(18-10-20)16(8-12)22-2;2*2-1-3/h3-8H,1-2H3;2*2H. The molecule has 0 unspecified atom stereocenters. The molecule has 0 radical (unpaired) electrons. The number of nitrogens with zero attached hydrogens (tertiary/aromatic N) is 2. The van der Waals surface area contributed by atoms with Gasteiger partial charge in [0.25, 0.3) is 0 Å². The third kappa shape index (κ3) is 7.21. The molecule has 10 heteroatoms. The van der Waals surface area contributed by atoms with Crippen LogP contribution in [-0.4, -0.2) is 38.5 Å². The summed E-state index contributed by atoms with van der Waals surface area (Å²) in [6.07, 6.45) is 4.47. The number of carbonyl (C=O) groups excluding carboxylic acids is 4. The van der Waals surface area contributed by atoms with Crippen molar-refractivity contribution in [2.75, 3.05) is 14.2 Å². The molecule has 0 amide bonds. The van der Waals surface area contributed by atoms with Crippen LogP contribution in [0.4, 0.5) is 11.4 Å². The first kappa shape index (κ1) is 23.6. The Kier molecular flexibility index (Phi) is 11.6. The van der Waals surface area contributed by atoms with Gasteiger partial charge in [0.2, 0.25) is 24.3 Å². The molecule has 0 bridgehead atoms. The fourth-order valence-corrected chi connectivity index (χ4v) is 2.00. The highest BCUT2D eigenvalue weighted by Gasteiger charge is 2.08. The van der Waals surface area contributed by atoms with Crippen LogP contribution in [0.25, 0.3) is 11.1 Å². The summed E-state index contributed by atoms with van der Waals surface area (Å²) < 4.78 is 10.4. The van der Waals surface area contributed by atoms with Crippen LogP contribution in [-0.2, 0) is 19.2 Å². The first-order valence-corrected chi connectivity index (χ1v) is 7.16. The smallest absolute Gasteiger partial charge is 0.240 e. The van der Waals surface area contributed by atoms with Gasteiger partial charge in [-0.2, -0.15) is 9.98 Å². The van der Waals surface area contributed by atoms with Crippen LogP contribution in [0.3, 0.4) is 0 Å². The van der Waals surface area contributed by atoms with Gasteiger partial charge in [0.05, 0.1) is 14.2 Å². The SMILES string of the molecule is COc1cc(-c2ccc(N=C=O)c(OC)c2)ccc1N=C=O.N=C=O.N=C=O. The van der Waals surface area contributed by atoms with Gasteiger partial charge in [0.15, 0.2) is 0 Å². The maximum atomic E-state index is 10.4. The summed E-state index contributed by atoms with van der Waals surface area (Å²) in [5, 5.41) is 10.8. The summed E-state index contributed by atoms with van der Waals surface area (Å²) in [5.41, 5.74) is 2.47. The second kappa shape index (κ2) is 13.8. The lowest BCUT2D eigenvalue weighted by Gasteiger charge is -2.09. The van der Waals surface area contributed by atoms with E-state index in [1.54, 1.807) is 36.4 Å². The van der Waals surface area contributed by atoms with E-state index in [-0.39, 0.29) is 0 Å². The van der Waals surface area contributed by atoms with Gasteiger partial charge in [-0.3, -0.25) is 0 Å². The number of methoxy groups -OCH3 is 2. The molecule has 142 valence electrons. The molecule has 2 N–H and O–H groups in total. The van der Waals surface area contributed by atoms with Crippen molar-refractivity contribution >= 4 is 35.7 Å². The number of isocyanates is 4. The second-order valence-electron chi connectivity index (χ2n) is 4.38. The van der Waals surface area contributed by atoms with E-state index in [0.717, 1.165) is 23.3 Å². The van der Waals surface area contributed by atoms with Gasteiger partial charge in [-0.15, -0.1) is 0 Å². The van der Waals surface area contributed by atoms with Gasteiger partial charge in [0.1, 0.15) is 22.9 Å². The summed E-state index contributed by atoms with van der Waals surface area (Å²) in [6.45, 7) is 0. The van der Waals surface area contributed by atoms with Gasteiger partial charge in [-0.05, 0) is 35.4 Å². The van der Waals surface area contributed by atoms with E-state index >= 15 is 0 Å². The van der Waals surface area contributed by atoms with Crippen LogP contribution < -0.4 is 9.47 Å². The lowest BCUT2D eigenvalue weighted by atomic mass is 10.0. The molecule has 2 aromatic rings. The van der Waals surface area contributed by atoms with E-state index in [1.807, 2.05) is 0 Å². The summed E-state index contributed by atoms with van der Waals surface area (Å²) in [6, 6.07) is 10.4. The van der Waals surface area contributed by atoms with Gasteiger partial charge in [0, 0.05) is 0 Å². The summed E-state index contributed by atoms with van der Waals surface area (Å²) in [7, 11) is 2.98. The molecule has 0 aliphatic carbocycles. The molecular formula is C18H14N4O6. The van der Waals surface area contributed by atoms with Crippen LogP contribution in [0, 0.1) is 10.8 Å². The number of hydrogen-bond donors (Lipinski definition) is 2. The van der Waals surface area contributed by atoms with Crippen molar-refractivity contribution in [3.63, 3.8) is 0 Å². The largest absolute Gasteiger partial charge is 0.494 e. The van der Waals surface area contributed by atoms with Crippen molar-refractivity contribution < 1.29 is 28.7 Å². The van der Waals surface area contributed by atoms with Crippen molar-refractivity contribution in [3.05, 3.63) is 36.4 Å². The number of nitrogens with one attached hydrogen (secondary N) is 2. The van der Waals surface area contributed by atoms with Gasteiger partial charge in [-0.25, -0.2) is 30.0 Å². The van der Waals surface area contributed by atoms with Crippen LogP contribution in [0.1, 0.15) is 0 Å². The molecule has 0 saturated heterocycles. The number of ether oxygens (including phenoxy) is 2. The molecule has 0 atom stereocenters. The van der Waals surface area contributed by atoms with Crippen LogP contribution in [0.15, 0.2) is 46.4 Å². The summed E-state index contributed by atoms with van der Waals surface area (Å²) in [4.78, 5) is 44.6. The number of rotatable bonds is 5. The van der Waals surface area contributed by atoms with Crippen LogP contribution in [0.5, 0.6) is 11.5 Å². The minimum Gasteiger partial charge on any atom is -0.494 e. The highest BCUT2D eigenvalue weighted by molar-refractivity contribution is 5.74. The monoisotopic (exact) mass is 382 g/mol. The van der Waals surface area contributed by atoms with E-state index < -0.39 is 0 Å². The molecule has 2 rings (SSSR count). The number of benzene rings is 2. The van der Waals surface area contributed by atoms with Crippen molar-refractivity contribution in [3.8, 4) is 22.6 Å². The van der Waals surface area contributed by atoms with E-state index in [1.165, 1.54) is 26.4 Å². The summed E-state index contributed by atoms with van der Waals surface area (Å²) >= 11 is 0. The fraction of sp³-hybridized carbons (Fsp3) is 0.111. The van der Waals surface area contributed by atoms with Crippen molar-refractivity contribution in [2.45, 2.75) is 0 Å².